The standard InChI is InChI=1S/C21H22ClN3O3/c1-14(26)23-18-8-10-19(11-9-18)24-20(27)16-3-2-12-25(13-16)21(28)15-4-6-17(22)7-5-15/h4-11,16H,2-3,12-13H2,1H3,(H,23,26)(H,24,27)/t16-/m1/s1. The molecule has 1 aliphatic rings. The SMILES string of the molecule is CC(=O)Nc1ccc(NC(=O)[C@@H]2CCCN(C(=O)c3ccc(Cl)cc3)C2)cc1. The van der Waals surface area contributed by atoms with Gasteiger partial charge in [-0.2, -0.15) is 0 Å². The molecule has 3 rings (SSSR count). The number of amides is 3. The molecular formula is C21H22ClN3O3. The number of carbonyl (C=O) groups is 3. The molecular weight excluding hydrogens is 378 g/mol. The number of nitrogens with one attached hydrogen (secondary N) is 2. The molecule has 1 atom stereocenters. The van der Waals surface area contributed by atoms with E-state index in [1.165, 1.54) is 6.92 Å². The molecule has 7 heteroatoms. The van der Waals surface area contributed by atoms with E-state index in [4.69, 9.17) is 11.6 Å². The molecule has 0 aromatic heterocycles. The van der Waals surface area contributed by atoms with Crippen molar-refractivity contribution in [3.8, 4) is 0 Å². The van der Waals surface area contributed by atoms with Gasteiger partial charge in [0, 0.05) is 42.0 Å². The van der Waals surface area contributed by atoms with Gasteiger partial charge in [-0.15, -0.1) is 0 Å². The fourth-order valence-corrected chi connectivity index (χ4v) is 3.36. The average molecular weight is 400 g/mol. The van der Waals surface area contributed by atoms with E-state index < -0.39 is 0 Å². The predicted molar refractivity (Wildman–Crippen MR) is 109 cm³/mol. The summed E-state index contributed by atoms with van der Waals surface area (Å²) in [6.45, 7) is 2.46. The van der Waals surface area contributed by atoms with Crippen LogP contribution in [0.1, 0.15) is 30.1 Å². The van der Waals surface area contributed by atoms with E-state index in [1.54, 1.807) is 53.4 Å². The molecule has 0 spiro atoms. The quantitative estimate of drug-likeness (QED) is 0.820. The highest BCUT2D eigenvalue weighted by molar-refractivity contribution is 6.30. The molecule has 1 fully saturated rings. The molecule has 146 valence electrons. The zero-order valence-electron chi connectivity index (χ0n) is 15.6. The van der Waals surface area contributed by atoms with Crippen LogP contribution in [0.4, 0.5) is 11.4 Å². The number of rotatable bonds is 4. The number of likely N-dealkylation sites (tertiary alicyclic amines) is 1. The van der Waals surface area contributed by atoms with Gasteiger partial charge in [-0.05, 0) is 61.4 Å². The summed E-state index contributed by atoms with van der Waals surface area (Å²) in [6.07, 6.45) is 1.51. The van der Waals surface area contributed by atoms with Crippen molar-refractivity contribution in [1.29, 1.82) is 0 Å². The van der Waals surface area contributed by atoms with Crippen molar-refractivity contribution in [1.82, 2.24) is 4.90 Å². The van der Waals surface area contributed by atoms with Crippen molar-refractivity contribution in [3.63, 3.8) is 0 Å². The van der Waals surface area contributed by atoms with Crippen molar-refractivity contribution in [2.75, 3.05) is 23.7 Å². The number of piperidine rings is 1. The summed E-state index contributed by atoms with van der Waals surface area (Å²) in [7, 11) is 0. The molecule has 0 radical (unpaired) electrons. The highest BCUT2D eigenvalue weighted by Gasteiger charge is 2.29. The van der Waals surface area contributed by atoms with Gasteiger partial charge < -0.3 is 15.5 Å². The molecule has 1 aliphatic heterocycles. The Labute approximate surface area is 168 Å². The lowest BCUT2D eigenvalue weighted by molar-refractivity contribution is -0.121. The Bertz CT molecular complexity index is 865. The number of benzene rings is 2. The van der Waals surface area contributed by atoms with Gasteiger partial charge in [0.1, 0.15) is 0 Å². The lowest BCUT2D eigenvalue weighted by atomic mass is 9.96. The highest BCUT2D eigenvalue weighted by atomic mass is 35.5. The maximum Gasteiger partial charge on any atom is 0.253 e. The van der Waals surface area contributed by atoms with Gasteiger partial charge in [0.25, 0.3) is 5.91 Å². The number of carbonyl (C=O) groups excluding carboxylic acids is 3. The average Bonchev–Trinajstić information content (AvgIpc) is 2.69. The maximum absolute atomic E-state index is 12.7. The van der Waals surface area contributed by atoms with E-state index in [9.17, 15) is 14.4 Å². The Hall–Kier alpha value is -2.86. The minimum atomic E-state index is -0.264. The van der Waals surface area contributed by atoms with Crippen LogP contribution < -0.4 is 10.6 Å². The van der Waals surface area contributed by atoms with Crippen LogP contribution >= 0.6 is 11.6 Å². The Morgan fingerprint density at radius 2 is 1.57 bits per heavy atom. The second kappa shape index (κ2) is 8.89. The van der Waals surface area contributed by atoms with Gasteiger partial charge >= 0.3 is 0 Å². The fourth-order valence-electron chi connectivity index (χ4n) is 3.24. The lowest BCUT2D eigenvalue weighted by Crippen LogP contribution is -2.43. The summed E-state index contributed by atoms with van der Waals surface area (Å²) in [5.41, 5.74) is 1.89. The van der Waals surface area contributed by atoms with E-state index in [2.05, 4.69) is 10.6 Å². The van der Waals surface area contributed by atoms with Crippen LogP contribution in [0.15, 0.2) is 48.5 Å². The minimum Gasteiger partial charge on any atom is -0.338 e. The van der Waals surface area contributed by atoms with Crippen molar-refractivity contribution in [3.05, 3.63) is 59.1 Å². The first kappa shape index (κ1) is 19.9. The molecule has 1 heterocycles. The van der Waals surface area contributed by atoms with E-state index in [-0.39, 0.29) is 23.6 Å². The van der Waals surface area contributed by atoms with E-state index in [0.717, 1.165) is 12.8 Å². The Morgan fingerprint density at radius 3 is 2.18 bits per heavy atom. The van der Waals surface area contributed by atoms with Gasteiger partial charge in [-0.3, -0.25) is 14.4 Å². The summed E-state index contributed by atoms with van der Waals surface area (Å²) in [4.78, 5) is 38.1. The molecule has 1 saturated heterocycles. The van der Waals surface area contributed by atoms with Crippen molar-refractivity contribution in [2.24, 2.45) is 5.92 Å². The van der Waals surface area contributed by atoms with Crippen LogP contribution in [0.25, 0.3) is 0 Å². The molecule has 0 saturated carbocycles. The number of hydrogen-bond donors (Lipinski definition) is 2. The van der Waals surface area contributed by atoms with Crippen molar-refractivity contribution < 1.29 is 14.4 Å². The van der Waals surface area contributed by atoms with Gasteiger partial charge in [0.15, 0.2) is 0 Å². The summed E-state index contributed by atoms with van der Waals surface area (Å²) in [5.74, 6) is -0.612. The second-order valence-corrected chi connectivity index (χ2v) is 7.28. The zero-order valence-corrected chi connectivity index (χ0v) is 16.3. The normalized spacial score (nSPS) is 16.4. The molecule has 2 aromatic rings. The van der Waals surface area contributed by atoms with Gasteiger partial charge in [-0.1, -0.05) is 11.6 Å². The first-order chi connectivity index (χ1) is 13.4. The van der Waals surface area contributed by atoms with E-state index in [0.29, 0.717) is 35.1 Å². The van der Waals surface area contributed by atoms with Crippen LogP contribution in [0.5, 0.6) is 0 Å². The summed E-state index contributed by atoms with van der Waals surface area (Å²) < 4.78 is 0. The lowest BCUT2D eigenvalue weighted by Gasteiger charge is -2.32. The molecule has 0 aliphatic carbocycles. The van der Waals surface area contributed by atoms with Crippen LogP contribution in [-0.4, -0.2) is 35.7 Å². The zero-order chi connectivity index (χ0) is 20.1. The van der Waals surface area contributed by atoms with Crippen LogP contribution in [0.3, 0.4) is 0 Å². The van der Waals surface area contributed by atoms with Crippen LogP contribution in [0.2, 0.25) is 5.02 Å². The Morgan fingerprint density at radius 1 is 0.964 bits per heavy atom. The highest BCUT2D eigenvalue weighted by Crippen LogP contribution is 2.22. The van der Waals surface area contributed by atoms with Crippen molar-refractivity contribution >= 4 is 40.7 Å². The van der Waals surface area contributed by atoms with Crippen LogP contribution in [0, 0.1) is 5.92 Å². The summed E-state index contributed by atoms with van der Waals surface area (Å²) in [6, 6.07) is 13.7. The monoisotopic (exact) mass is 399 g/mol. The number of nitrogens with zero attached hydrogens (tertiary/aromatic N) is 1. The third-order valence-electron chi connectivity index (χ3n) is 4.64. The Kier molecular flexibility index (Phi) is 6.31. The van der Waals surface area contributed by atoms with Gasteiger partial charge in [0.2, 0.25) is 11.8 Å². The molecule has 2 N–H and O–H groups in total. The molecule has 6 nitrogen and oxygen atoms in total. The van der Waals surface area contributed by atoms with Gasteiger partial charge in [-0.25, -0.2) is 0 Å². The topological polar surface area (TPSA) is 78.5 Å². The molecule has 28 heavy (non-hydrogen) atoms. The first-order valence-corrected chi connectivity index (χ1v) is 9.53. The number of anilines is 2. The Balaban J connectivity index is 1.60. The summed E-state index contributed by atoms with van der Waals surface area (Å²) >= 11 is 5.88. The number of halogens is 1. The first-order valence-electron chi connectivity index (χ1n) is 9.16. The van der Waals surface area contributed by atoms with Crippen LogP contribution in [-0.2, 0) is 9.59 Å². The second-order valence-electron chi connectivity index (χ2n) is 6.85. The van der Waals surface area contributed by atoms with Crippen molar-refractivity contribution in [2.45, 2.75) is 19.8 Å². The predicted octanol–water partition coefficient (Wildman–Crippen LogP) is 3.79. The van der Waals surface area contributed by atoms with E-state index in [1.807, 2.05) is 0 Å². The number of hydrogen-bond acceptors (Lipinski definition) is 3. The molecule has 2 aromatic carbocycles. The third kappa shape index (κ3) is 5.10. The van der Waals surface area contributed by atoms with E-state index >= 15 is 0 Å². The van der Waals surface area contributed by atoms with Gasteiger partial charge in [0.05, 0.1) is 5.92 Å². The molecule has 3 amide bonds. The molecule has 0 unspecified atom stereocenters. The smallest absolute Gasteiger partial charge is 0.253 e. The summed E-state index contributed by atoms with van der Waals surface area (Å²) in [5, 5.41) is 6.15. The minimum absolute atomic E-state index is 0.0890. The molecule has 0 bridgehead atoms. The maximum atomic E-state index is 12.7. The third-order valence-corrected chi connectivity index (χ3v) is 4.90. The fraction of sp³-hybridized carbons (Fsp3) is 0.286. The largest absolute Gasteiger partial charge is 0.338 e.